The van der Waals surface area contributed by atoms with E-state index in [2.05, 4.69) is 0 Å². The highest BCUT2D eigenvalue weighted by atomic mass is 32.2. The third-order valence-electron chi connectivity index (χ3n) is 4.58. The van der Waals surface area contributed by atoms with Gasteiger partial charge in [0.2, 0.25) is 5.91 Å². The first-order valence-electron chi connectivity index (χ1n) is 8.98. The number of aryl methyl sites for hydroxylation is 1. The number of hydrogen-bond donors (Lipinski definition) is 0. The fraction of sp³-hybridized carbons (Fsp3) is 0.316. The average Bonchev–Trinajstić information content (AvgIpc) is 2.72. The minimum atomic E-state index is -4.12. The number of anilines is 1. The van der Waals surface area contributed by atoms with Crippen molar-refractivity contribution in [1.82, 2.24) is 4.90 Å². The van der Waals surface area contributed by atoms with E-state index in [0.717, 1.165) is 15.9 Å². The minimum absolute atomic E-state index is 0.00406. The molecule has 2 aromatic carbocycles. The van der Waals surface area contributed by atoms with Gasteiger partial charge in [-0.25, -0.2) is 8.42 Å². The van der Waals surface area contributed by atoms with Gasteiger partial charge < -0.3 is 9.64 Å². The van der Waals surface area contributed by atoms with Crippen molar-refractivity contribution >= 4 is 27.3 Å². The molecule has 29 heavy (non-hydrogen) atoms. The van der Waals surface area contributed by atoms with Crippen LogP contribution < -0.4 is 4.31 Å². The van der Waals surface area contributed by atoms with Gasteiger partial charge in [-0.1, -0.05) is 23.8 Å². The Bertz CT molecular complexity index is 1000. The number of hydrogen-bond acceptors (Lipinski definition) is 6. The first-order valence-corrected chi connectivity index (χ1v) is 10.4. The Morgan fingerprint density at radius 3 is 2.45 bits per heavy atom. The molecule has 0 radical (unpaired) electrons. The van der Waals surface area contributed by atoms with Crippen molar-refractivity contribution in [2.24, 2.45) is 0 Å². The molecule has 9 nitrogen and oxygen atoms in total. The van der Waals surface area contributed by atoms with Crippen LogP contribution in [0.1, 0.15) is 5.56 Å². The second-order valence-electron chi connectivity index (χ2n) is 6.59. The Balaban J connectivity index is 2.01. The molecule has 0 saturated carbocycles. The Morgan fingerprint density at radius 1 is 1.17 bits per heavy atom. The van der Waals surface area contributed by atoms with Crippen molar-refractivity contribution in [2.75, 3.05) is 37.2 Å². The number of nitro benzene ring substituents is 1. The van der Waals surface area contributed by atoms with Crippen LogP contribution in [-0.4, -0.2) is 57.0 Å². The maximum absolute atomic E-state index is 13.3. The summed E-state index contributed by atoms with van der Waals surface area (Å²) in [4.78, 5) is 24.8. The lowest BCUT2D eigenvalue weighted by Gasteiger charge is -2.30. The van der Waals surface area contributed by atoms with E-state index < -0.39 is 27.4 Å². The van der Waals surface area contributed by atoms with Gasteiger partial charge in [0.15, 0.2) is 0 Å². The molecular weight excluding hydrogens is 398 g/mol. The van der Waals surface area contributed by atoms with Crippen LogP contribution in [0.3, 0.4) is 0 Å². The quantitative estimate of drug-likeness (QED) is 0.523. The van der Waals surface area contributed by atoms with E-state index in [9.17, 15) is 23.3 Å². The summed E-state index contributed by atoms with van der Waals surface area (Å²) in [7, 11) is -4.12. The highest BCUT2D eigenvalue weighted by Crippen LogP contribution is 2.27. The summed E-state index contributed by atoms with van der Waals surface area (Å²) in [6.45, 7) is 2.87. The Kier molecular flexibility index (Phi) is 6.14. The van der Waals surface area contributed by atoms with Crippen LogP contribution in [0, 0.1) is 17.0 Å². The smallest absolute Gasteiger partial charge is 0.271 e. The van der Waals surface area contributed by atoms with Gasteiger partial charge in [0.05, 0.1) is 28.7 Å². The number of nitrogens with zero attached hydrogens (tertiary/aromatic N) is 3. The molecule has 1 saturated heterocycles. The Morgan fingerprint density at radius 2 is 1.83 bits per heavy atom. The molecule has 2 aromatic rings. The van der Waals surface area contributed by atoms with Crippen LogP contribution in [0.2, 0.25) is 0 Å². The third-order valence-corrected chi connectivity index (χ3v) is 6.37. The van der Waals surface area contributed by atoms with Gasteiger partial charge in [-0.3, -0.25) is 19.2 Å². The molecule has 0 bridgehead atoms. The van der Waals surface area contributed by atoms with Crippen molar-refractivity contribution < 1.29 is 22.9 Å². The predicted molar refractivity (Wildman–Crippen MR) is 106 cm³/mol. The molecule has 0 N–H and O–H groups in total. The van der Waals surface area contributed by atoms with Gasteiger partial charge in [-0.2, -0.15) is 0 Å². The summed E-state index contributed by atoms with van der Waals surface area (Å²) in [5.41, 5.74) is 0.682. The van der Waals surface area contributed by atoms with E-state index in [1.165, 1.54) is 35.2 Å². The van der Waals surface area contributed by atoms with Gasteiger partial charge in [0, 0.05) is 25.2 Å². The number of nitro groups is 1. The summed E-state index contributed by atoms with van der Waals surface area (Å²) >= 11 is 0. The zero-order valence-corrected chi connectivity index (χ0v) is 16.7. The number of benzene rings is 2. The van der Waals surface area contributed by atoms with Crippen molar-refractivity contribution in [2.45, 2.75) is 11.8 Å². The SMILES string of the molecule is Cc1ccc(S(=O)(=O)N(CC(=O)N2CCOCC2)c2cccc([N+](=O)[O-])c2)cc1. The number of non-ortho nitro benzene ring substituents is 1. The molecule has 3 rings (SSSR count). The molecule has 0 aromatic heterocycles. The number of carbonyl (C=O) groups is 1. The fourth-order valence-corrected chi connectivity index (χ4v) is 4.36. The number of rotatable bonds is 6. The summed E-state index contributed by atoms with van der Waals surface area (Å²) in [6, 6.07) is 11.5. The van der Waals surface area contributed by atoms with Gasteiger partial charge >= 0.3 is 0 Å². The highest BCUT2D eigenvalue weighted by Gasteiger charge is 2.30. The second kappa shape index (κ2) is 8.58. The maximum Gasteiger partial charge on any atom is 0.271 e. The van der Waals surface area contributed by atoms with Gasteiger partial charge in [0.1, 0.15) is 6.54 Å². The van der Waals surface area contributed by atoms with Crippen LogP contribution in [0.15, 0.2) is 53.4 Å². The summed E-state index contributed by atoms with van der Waals surface area (Å²) in [5, 5.41) is 11.2. The molecule has 1 amide bonds. The number of morpholine rings is 1. The lowest BCUT2D eigenvalue weighted by Crippen LogP contribution is -2.47. The van der Waals surface area contributed by atoms with Gasteiger partial charge in [0.25, 0.3) is 15.7 Å². The number of carbonyl (C=O) groups excluding carboxylic acids is 1. The molecule has 1 fully saturated rings. The lowest BCUT2D eigenvalue weighted by atomic mass is 10.2. The molecule has 0 atom stereocenters. The first-order chi connectivity index (χ1) is 13.8. The number of amides is 1. The van der Waals surface area contributed by atoms with E-state index >= 15 is 0 Å². The first kappa shape index (κ1) is 20.7. The zero-order chi connectivity index (χ0) is 21.0. The normalized spacial score (nSPS) is 14.4. The van der Waals surface area contributed by atoms with Crippen LogP contribution in [-0.2, 0) is 19.6 Å². The van der Waals surface area contributed by atoms with E-state index in [4.69, 9.17) is 4.74 Å². The summed E-state index contributed by atoms with van der Waals surface area (Å²) in [5.74, 6) is -0.393. The molecular formula is C19H21N3O6S. The van der Waals surface area contributed by atoms with Crippen LogP contribution >= 0.6 is 0 Å². The maximum atomic E-state index is 13.3. The average molecular weight is 419 g/mol. The summed E-state index contributed by atoms with van der Waals surface area (Å²) < 4.78 is 32.8. The number of sulfonamides is 1. The molecule has 154 valence electrons. The Labute approximate surface area is 168 Å². The van der Waals surface area contributed by atoms with Crippen molar-refractivity contribution in [1.29, 1.82) is 0 Å². The van der Waals surface area contributed by atoms with Crippen molar-refractivity contribution in [3.8, 4) is 0 Å². The van der Waals surface area contributed by atoms with Gasteiger partial charge in [-0.05, 0) is 25.1 Å². The predicted octanol–water partition coefficient (Wildman–Crippen LogP) is 1.96. The molecule has 1 heterocycles. The molecule has 0 unspecified atom stereocenters. The standard InChI is InChI=1S/C19H21N3O6S/c1-15-5-7-18(8-6-15)29(26,27)21(14-19(23)20-9-11-28-12-10-20)16-3-2-4-17(13-16)22(24)25/h2-8,13H,9-12,14H2,1H3. The molecule has 1 aliphatic heterocycles. The lowest BCUT2D eigenvalue weighted by molar-refractivity contribution is -0.384. The van der Waals surface area contributed by atoms with E-state index in [1.54, 1.807) is 12.1 Å². The molecule has 0 spiro atoms. The number of ether oxygens (including phenoxy) is 1. The van der Waals surface area contributed by atoms with Crippen molar-refractivity contribution in [3.05, 3.63) is 64.2 Å². The summed E-state index contributed by atoms with van der Waals surface area (Å²) in [6.07, 6.45) is 0. The molecule has 1 aliphatic rings. The van der Waals surface area contributed by atoms with Gasteiger partial charge in [-0.15, -0.1) is 0 Å². The molecule has 10 heteroatoms. The monoisotopic (exact) mass is 419 g/mol. The van der Waals surface area contributed by atoms with Crippen LogP contribution in [0.25, 0.3) is 0 Å². The van der Waals surface area contributed by atoms with E-state index in [1.807, 2.05) is 6.92 Å². The second-order valence-corrected chi connectivity index (χ2v) is 8.46. The minimum Gasteiger partial charge on any atom is -0.378 e. The largest absolute Gasteiger partial charge is 0.378 e. The van der Waals surface area contributed by atoms with Crippen molar-refractivity contribution in [3.63, 3.8) is 0 Å². The Hall–Kier alpha value is -2.98. The van der Waals surface area contributed by atoms with E-state index in [0.29, 0.717) is 26.3 Å². The highest BCUT2D eigenvalue weighted by molar-refractivity contribution is 7.92. The zero-order valence-electron chi connectivity index (χ0n) is 15.9. The fourth-order valence-electron chi connectivity index (χ4n) is 2.95. The third kappa shape index (κ3) is 4.72. The molecule has 0 aliphatic carbocycles. The van der Waals surface area contributed by atoms with E-state index in [-0.39, 0.29) is 16.3 Å². The van der Waals surface area contributed by atoms with Crippen LogP contribution in [0.5, 0.6) is 0 Å². The van der Waals surface area contributed by atoms with Crippen LogP contribution in [0.4, 0.5) is 11.4 Å². The topological polar surface area (TPSA) is 110 Å².